The second kappa shape index (κ2) is 7.41. The van der Waals surface area contributed by atoms with Gasteiger partial charge in [0.15, 0.2) is 0 Å². The molecule has 5 nitrogen and oxygen atoms in total. The first-order chi connectivity index (χ1) is 11.5. The van der Waals surface area contributed by atoms with Crippen LogP contribution in [0.15, 0.2) is 12.3 Å². The van der Waals surface area contributed by atoms with E-state index in [9.17, 15) is 9.59 Å². The Morgan fingerprint density at radius 3 is 2.54 bits per heavy atom. The third-order valence-corrected chi connectivity index (χ3v) is 5.31. The minimum absolute atomic E-state index is 0.126. The van der Waals surface area contributed by atoms with E-state index in [1.807, 2.05) is 33.7 Å². The van der Waals surface area contributed by atoms with Crippen LogP contribution in [-0.2, 0) is 18.3 Å². The average Bonchev–Trinajstić information content (AvgIpc) is 3.21. The van der Waals surface area contributed by atoms with E-state index in [1.54, 1.807) is 0 Å². The molecule has 0 saturated carbocycles. The van der Waals surface area contributed by atoms with Crippen molar-refractivity contribution in [1.82, 2.24) is 14.4 Å². The van der Waals surface area contributed by atoms with Crippen molar-refractivity contribution in [2.24, 2.45) is 13.0 Å². The highest BCUT2D eigenvalue weighted by Crippen LogP contribution is 2.19. The molecule has 2 aliphatic heterocycles. The Hall–Kier alpha value is -1.78. The first-order valence-electron chi connectivity index (χ1n) is 9.27. The fourth-order valence-electron chi connectivity index (χ4n) is 3.89. The molecule has 2 saturated heterocycles. The maximum Gasteiger partial charge on any atom is 0.270 e. The molecular weight excluding hydrogens is 302 g/mol. The molecule has 1 aromatic heterocycles. The highest BCUT2D eigenvalue weighted by atomic mass is 16.2. The van der Waals surface area contributed by atoms with E-state index in [1.165, 1.54) is 6.42 Å². The molecule has 2 fully saturated rings. The quantitative estimate of drug-likeness (QED) is 0.851. The molecule has 0 unspecified atom stereocenters. The molecular formula is C19H29N3O2. The van der Waals surface area contributed by atoms with Gasteiger partial charge in [-0.25, -0.2) is 0 Å². The zero-order valence-corrected chi connectivity index (χ0v) is 15.0. The van der Waals surface area contributed by atoms with Gasteiger partial charge in [0.2, 0.25) is 5.91 Å². The van der Waals surface area contributed by atoms with E-state index in [0.717, 1.165) is 56.7 Å². The van der Waals surface area contributed by atoms with Crippen molar-refractivity contribution in [2.75, 3.05) is 26.2 Å². The number of aryl methyl sites for hydroxylation is 2. The second-order valence-electron chi connectivity index (χ2n) is 7.43. The Morgan fingerprint density at radius 2 is 1.83 bits per heavy atom. The predicted molar refractivity (Wildman–Crippen MR) is 93.8 cm³/mol. The summed E-state index contributed by atoms with van der Waals surface area (Å²) in [5, 5.41) is 0. The molecule has 1 atom stereocenters. The molecule has 0 spiro atoms. The lowest BCUT2D eigenvalue weighted by Crippen LogP contribution is -2.39. The molecule has 1 aromatic rings. The number of carbonyl (C=O) groups is 2. The SMILES string of the molecule is C[C@H]1CCCN(C(=O)c2cc(CCC(=O)N3CCCC3)cn2C)C1. The topological polar surface area (TPSA) is 45.6 Å². The molecule has 3 rings (SSSR count). The van der Waals surface area contributed by atoms with Crippen LogP contribution in [0.5, 0.6) is 0 Å². The number of rotatable bonds is 4. The van der Waals surface area contributed by atoms with Crippen molar-refractivity contribution >= 4 is 11.8 Å². The largest absolute Gasteiger partial charge is 0.346 e. The summed E-state index contributed by atoms with van der Waals surface area (Å²) in [7, 11) is 1.92. The maximum absolute atomic E-state index is 12.8. The van der Waals surface area contributed by atoms with Crippen LogP contribution >= 0.6 is 0 Å². The lowest BCUT2D eigenvalue weighted by molar-refractivity contribution is -0.130. The summed E-state index contributed by atoms with van der Waals surface area (Å²) in [5.41, 5.74) is 1.83. The Bertz CT molecular complexity index is 602. The van der Waals surface area contributed by atoms with E-state index in [4.69, 9.17) is 0 Å². The summed E-state index contributed by atoms with van der Waals surface area (Å²) in [6.45, 7) is 5.73. The average molecular weight is 331 g/mol. The number of nitrogens with zero attached hydrogens (tertiary/aromatic N) is 3. The summed E-state index contributed by atoms with van der Waals surface area (Å²) in [6.07, 6.45) is 7.81. The summed E-state index contributed by atoms with van der Waals surface area (Å²) < 4.78 is 1.91. The standard InChI is InChI=1S/C19H29N3O2/c1-15-6-5-11-22(13-15)19(24)17-12-16(14-20(17)2)7-8-18(23)21-9-3-4-10-21/h12,14-15H,3-11,13H2,1-2H3/t15-/m0/s1. The van der Waals surface area contributed by atoms with Gasteiger partial charge < -0.3 is 14.4 Å². The highest BCUT2D eigenvalue weighted by Gasteiger charge is 2.24. The van der Waals surface area contributed by atoms with Gasteiger partial charge in [-0.05, 0) is 49.7 Å². The first kappa shape index (κ1) is 17.1. The summed E-state index contributed by atoms with van der Waals surface area (Å²) >= 11 is 0. The van der Waals surface area contributed by atoms with Crippen molar-refractivity contribution < 1.29 is 9.59 Å². The van der Waals surface area contributed by atoms with E-state index >= 15 is 0 Å². The van der Waals surface area contributed by atoms with E-state index in [2.05, 4.69) is 6.92 Å². The predicted octanol–water partition coefficient (Wildman–Crippen LogP) is 2.45. The second-order valence-corrected chi connectivity index (χ2v) is 7.43. The molecule has 0 bridgehead atoms. The zero-order valence-electron chi connectivity index (χ0n) is 15.0. The number of hydrogen-bond acceptors (Lipinski definition) is 2. The Balaban J connectivity index is 1.59. The molecule has 2 amide bonds. The van der Waals surface area contributed by atoms with Crippen LogP contribution in [0.3, 0.4) is 0 Å². The number of aromatic nitrogens is 1. The number of likely N-dealkylation sites (tertiary alicyclic amines) is 2. The normalized spacial score (nSPS) is 21.3. The Morgan fingerprint density at radius 1 is 1.12 bits per heavy atom. The lowest BCUT2D eigenvalue weighted by atomic mass is 10.00. The van der Waals surface area contributed by atoms with Crippen molar-refractivity contribution in [2.45, 2.75) is 45.4 Å². The highest BCUT2D eigenvalue weighted by molar-refractivity contribution is 5.93. The minimum atomic E-state index is 0.126. The number of amides is 2. The van der Waals surface area contributed by atoms with E-state index < -0.39 is 0 Å². The van der Waals surface area contributed by atoms with E-state index in [-0.39, 0.29) is 11.8 Å². The Kier molecular flexibility index (Phi) is 5.27. The maximum atomic E-state index is 12.8. The third-order valence-electron chi connectivity index (χ3n) is 5.31. The molecule has 2 aliphatic rings. The van der Waals surface area contributed by atoms with Crippen molar-refractivity contribution in [3.8, 4) is 0 Å². The fourth-order valence-corrected chi connectivity index (χ4v) is 3.89. The monoisotopic (exact) mass is 331 g/mol. The van der Waals surface area contributed by atoms with Gasteiger partial charge in [0.05, 0.1) is 0 Å². The van der Waals surface area contributed by atoms with Gasteiger partial charge in [-0.15, -0.1) is 0 Å². The van der Waals surface area contributed by atoms with Gasteiger partial charge >= 0.3 is 0 Å². The van der Waals surface area contributed by atoms with Crippen LogP contribution < -0.4 is 0 Å². The van der Waals surface area contributed by atoms with Crippen LogP contribution in [0.2, 0.25) is 0 Å². The Labute approximate surface area is 144 Å². The zero-order chi connectivity index (χ0) is 17.1. The number of carbonyl (C=O) groups excluding carboxylic acids is 2. The number of piperidine rings is 1. The number of hydrogen-bond donors (Lipinski definition) is 0. The first-order valence-corrected chi connectivity index (χ1v) is 9.27. The van der Waals surface area contributed by atoms with E-state index in [0.29, 0.717) is 18.8 Å². The minimum Gasteiger partial charge on any atom is -0.346 e. The smallest absolute Gasteiger partial charge is 0.270 e. The van der Waals surface area contributed by atoms with Gasteiger partial charge in [0, 0.05) is 45.8 Å². The van der Waals surface area contributed by atoms with Gasteiger partial charge in [-0.2, -0.15) is 0 Å². The molecule has 0 aromatic carbocycles. The van der Waals surface area contributed by atoms with Crippen molar-refractivity contribution in [3.63, 3.8) is 0 Å². The van der Waals surface area contributed by atoms with Crippen LogP contribution in [0.4, 0.5) is 0 Å². The van der Waals surface area contributed by atoms with Gasteiger partial charge in [0.1, 0.15) is 5.69 Å². The molecule has 5 heteroatoms. The molecule has 24 heavy (non-hydrogen) atoms. The van der Waals surface area contributed by atoms with Gasteiger partial charge in [-0.1, -0.05) is 6.92 Å². The fraction of sp³-hybridized carbons (Fsp3) is 0.684. The van der Waals surface area contributed by atoms with Crippen LogP contribution in [-0.4, -0.2) is 52.4 Å². The molecule has 3 heterocycles. The molecule has 132 valence electrons. The van der Waals surface area contributed by atoms with Gasteiger partial charge in [-0.3, -0.25) is 9.59 Å². The molecule has 0 radical (unpaired) electrons. The summed E-state index contributed by atoms with van der Waals surface area (Å²) in [4.78, 5) is 28.9. The molecule has 0 N–H and O–H groups in total. The summed E-state index contributed by atoms with van der Waals surface area (Å²) in [6, 6.07) is 1.97. The third kappa shape index (κ3) is 3.82. The van der Waals surface area contributed by atoms with Crippen molar-refractivity contribution in [3.05, 3.63) is 23.5 Å². The van der Waals surface area contributed by atoms with Gasteiger partial charge in [0.25, 0.3) is 5.91 Å². The van der Waals surface area contributed by atoms with Crippen LogP contribution in [0, 0.1) is 5.92 Å². The van der Waals surface area contributed by atoms with Crippen LogP contribution in [0.1, 0.15) is 55.1 Å². The molecule has 0 aliphatic carbocycles. The lowest BCUT2D eigenvalue weighted by Gasteiger charge is -2.31. The van der Waals surface area contributed by atoms with Crippen molar-refractivity contribution in [1.29, 1.82) is 0 Å². The summed E-state index contributed by atoms with van der Waals surface area (Å²) in [5.74, 6) is 0.954. The van der Waals surface area contributed by atoms with Crippen LogP contribution in [0.25, 0.3) is 0 Å².